The van der Waals surface area contributed by atoms with E-state index < -0.39 is 8.07 Å². The highest BCUT2D eigenvalue weighted by atomic mass is 28.3. The second-order valence-corrected chi connectivity index (χ2v) is 19.3. The fraction of sp³-hybridized carbons (Fsp3) is 0. The van der Waals surface area contributed by atoms with E-state index >= 15 is 0 Å². The predicted molar refractivity (Wildman–Crippen MR) is 247 cm³/mol. The van der Waals surface area contributed by atoms with Crippen molar-refractivity contribution in [3.05, 3.63) is 218 Å². The molecule has 0 fully saturated rings. The summed E-state index contributed by atoms with van der Waals surface area (Å²) in [6.07, 6.45) is 0. The minimum atomic E-state index is -2.83. The molecule has 0 N–H and O–H groups in total. The van der Waals surface area contributed by atoms with Gasteiger partial charge in [0.1, 0.15) is 17.2 Å². The van der Waals surface area contributed by atoms with Gasteiger partial charge in [-0.15, -0.1) is 0 Å². The van der Waals surface area contributed by atoms with Gasteiger partial charge in [0.25, 0.3) is 0 Å². The van der Waals surface area contributed by atoms with E-state index in [2.05, 4.69) is 223 Å². The van der Waals surface area contributed by atoms with Crippen LogP contribution in [-0.2, 0) is 0 Å². The lowest BCUT2D eigenvalue weighted by atomic mass is 9.50. The molecule has 3 heterocycles. The van der Waals surface area contributed by atoms with Crippen LogP contribution in [-0.4, -0.2) is 19.6 Å². The van der Waals surface area contributed by atoms with Crippen LogP contribution in [0.2, 0.25) is 0 Å². The van der Waals surface area contributed by atoms with Gasteiger partial charge in [0.15, 0.2) is 8.07 Å². The Labute approximate surface area is 344 Å². The number of para-hydroxylation sites is 3. The van der Waals surface area contributed by atoms with Crippen LogP contribution in [0.4, 0.5) is 0 Å². The molecule has 276 valence electrons. The first kappa shape index (κ1) is 33.8. The van der Waals surface area contributed by atoms with Gasteiger partial charge in [-0.2, -0.15) is 0 Å². The van der Waals surface area contributed by atoms with Gasteiger partial charge < -0.3 is 14.0 Å². The second-order valence-electron chi connectivity index (χ2n) is 15.5. The van der Waals surface area contributed by atoms with E-state index in [9.17, 15) is 0 Å². The number of fused-ring (bicyclic) bond motifs is 7. The molecular weight excluding hydrogens is 733 g/mol. The van der Waals surface area contributed by atoms with Crippen molar-refractivity contribution in [3.8, 4) is 45.2 Å². The Morgan fingerprint density at radius 2 is 0.949 bits per heavy atom. The van der Waals surface area contributed by atoms with Gasteiger partial charge in [-0.3, -0.25) is 0 Å². The predicted octanol–water partition coefficient (Wildman–Crippen LogP) is 9.10. The largest absolute Gasteiger partial charge is 0.551 e. The molecule has 0 unspecified atom stereocenters. The third-order valence-corrected chi connectivity index (χ3v) is 17.3. The van der Waals surface area contributed by atoms with E-state index in [1.807, 2.05) is 0 Å². The maximum absolute atomic E-state index is 7.06. The van der Waals surface area contributed by atoms with Crippen molar-refractivity contribution >= 4 is 68.5 Å². The summed E-state index contributed by atoms with van der Waals surface area (Å²) in [5.74, 6) is 2.51. The molecule has 0 spiro atoms. The molecule has 3 nitrogen and oxygen atoms in total. The smallest absolute Gasteiger partial charge is 0.434 e. The molecule has 59 heavy (non-hydrogen) atoms. The number of nitrogens with zero attached hydrogens (tertiary/aromatic N) is 1. The number of hydrogen-bond donors (Lipinski definition) is 0. The molecule has 0 saturated heterocycles. The molecular formula is C54H36BNO2Si. The van der Waals surface area contributed by atoms with Gasteiger partial charge >= 0.3 is 6.92 Å². The molecule has 0 radical (unpaired) electrons. The van der Waals surface area contributed by atoms with E-state index in [1.165, 1.54) is 48.1 Å². The standard InChI is InChI=1S/C54H36BNO2Si/c1-4-18-39(19-5-1)59(40-20-6-2-7-21-40,41-22-8-3-9-23-41)53-31-17-13-24-42(53)37-32-33-51-47(34-37)55-54-46(45-27-12-16-30-50(45)58-55)35-38(36-52(54)57-51)56-48-28-14-10-25-43(48)44-26-11-15-29-49(44)56/h1-36H. The SMILES string of the molecule is c1ccc([Si](c2ccccc2)(c2ccccc2)c2ccccc2-c2ccc3c(c2)B2Oc4ccccc4-c4cc(-n5c6ccccc6c6ccccc65)cc(c42)O3)cc1. The Morgan fingerprint density at radius 3 is 1.59 bits per heavy atom. The summed E-state index contributed by atoms with van der Waals surface area (Å²) in [4.78, 5) is 0. The minimum Gasteiger partial charge on any atom is -0.551 e. The molecule has 1 aromatic heterocycles. The zero-order chi connectivity index (χ0) is 38.9. The molecule has 0 aliphatic carbocycles. The number of ether oxygens (including phenoxy) is 1. The number of benzene rings is 9. The zero-order valence-corrected chi connectivity index (χ0v) is 33.1. The highest BCUT2D eigenvalue weighted by molar-refractivity contribution is 7.20. The van der Waals surface area contributed by atoms with Crippen LogP contribution in [0, 0.1) is 0 Å². The van der Waals surface area contributed by atoms with Crippen molar-refractivity contribution in [2.75, 3.05) is 0 Å². The average Bonchev–Trinajstić information content (AvgIpc) is 3.65. The molecule has 0 saturated carbocycles. The first-order valence-corrected chi connectivity index (χ1v) is 22.3. The van der Waals surface area contributed by atoms with Crippen LogP contribution in [0.1, 0.15) is 0 Å². The fourth-order valence-corrected chi connectivity index (χ4v) is 14.9. The lowest BCUT2D eigenvalue weighted by Crippen LogP contribution is -2.75. The van der Waals surface area contributed by atoms with E-state index in [0.29, 0.717) is 0 Å². The summed E-state index contributed by atoms with van der Waals surface area (Å²) < 4.78 is 16.4. The van der Waals surface area contributed by atoms with Crippen molar-refractivity contribution in [1.29, 1.82) is 0 Å². The zero-order valence-electron chi connectivity index (χ0n) is 32.1. The summed E-state index contributed by atoms with van der Waals surface area (Å²) in [7, 11) is -2.83. The molecule has 12 rings (SSSR count). The van der Waals surface area contributed by atoms with Crippen molar-refractivity contribution in [3.63, 3.8) is 0 Å². The molecule has 0 atom stereocenters. The summed E-state index contributed by atoms with van der Waals surface area (Å²) in [6, 6.07) is 79.4. The molecule has 5 heteroatoms. The van der Waals surface area contributed by atoms with E-state index in [-0.39, 0.29) is 6.92 Å². The molecule has 10 aromatic rings. The third kappa shape index (κ3) is 5.08. The Hall–Kier alpha value is -7.34. The van der Waals surface area contributed by atoms with Gasteiger partial charge in [0, 0.05) is 33.3 Å². The summed E-state index contributed by atoms with van der Waals surface area (Å²) in [6.45, 7) is -0.350. The van der Waals surface area contributed by atoms with E-state index in [1.54, 1.807) is 0 Å². The first-order valence-electron chi connectivity index (χ1n) is 20.3. The molecule has 0 bridgehead atoms. The van der Waals surface area contributed by atoms with Crippen molar-refractivity contribution in [1.82, 2.24) is 4.57 Å². The molecule has 2 aliphatic rings. The van der Waals surface area contributed by atoms with Crippen LogP contribution >= 0.6 is 0 Å². The Kier molecular flexibility index (Phi) is 7.65. The van der Waals surface area contributed by atoms with Crippen LogP contribution in [0.3, 0.4) is 0 Å². The van der Waals surface area contributed by atoms with Crippen LogP contribution in [0.25, 0.3) is 49.7 Å². The van der Waals surface area contributed by atoms with Gasteiger partial charge in [-0.1, -0.05) is 182 Å². The van der Waals surface area contributed by atoms with Crippen LogP contribution in [0.5, 0.6) is 17.2 Å². The summed E-state index contributed by atoms with van der Waals surface area (Å²) in [5, 5.41) is 7.83. The molecule has 0 amide bonds. The average molecular weight is 770 g/mol. The van der Waals surface area contributed by atoms with E-state index in [4.69, 9.17) is 9.39 Å². The fourth-order valence-electron chi connectivity index (χ4n) is 9.94. The van der Waals surface area contributed by atoms with Crippen molar-refractivity contribution < 1.29 is 9.39 Å². The van der Waals surface area contributed by atoms with Gasteiger partial charge in [-0.25, -0.2) is 0 Å². The molecule has 9 aromatic carbocycles. The summed E-state index contributed by atoms with van der Waals surface area (Å²) >= 11 is 0. The first-order chi connectivity index (χ1) is 29.3. The third-order valence-electron chi connectivity index (χ3n) is 12.4. The number of hydrogen-bond acceptors (Lipinski definition) is 2. The monoisotopic (exact) mass is 769 g/mol. The lowest BCUT2D eigenvalue weighted by molar-refractivity contribution is 0.479. The number of aromatic nitrogens is 1. The quantitative estimate of drug-likeness (QED) is 0.125. The van der Waals surface area contributed by atoms with Crippen molar-refractivity contribution in [2.24, 2.45) is 0 Å². The highest BCUT2D eigenvalue weighted by Crippen LogP contribution is 2.42. The van der Waals surface area contributed by atoms with Crippen LogP contribution < -0.4 is 41.1 Å². The Morgan fingerprint density at radius 1 is 0.407 bits per heavy atom. The van der Waals surface area contributed by atoms with Crippen molar-refractivity contribution in [2.45, 2.75) is 0 Å². The number of rotatable bonds is 6. The normalized spacial score (nSPS) is 12.6. The van der Waals surface area contributed by atoms with Gasteiger partial charge in [0.2, 0.25) is 0 Å². The Balaban J connectivity index is 1.06. The maximum Gasteiger partial charge on any atom is 0.434 e. The van der Waals surface area contributed by atoms with E-state index in [0.717, 1.165) is 50.6 Å². The van der Waals surface area contributed by atoms with Crippen LogP contribution in [0.15, 0.2) is 218 Å². The minimum absolute atomic E-state index is 0.350. The maximum atomic E-state index is 7.06. The topological polar surface area (TPSA) is 23.4 Å². The highest BCUT2D eigenvalue weighted by Gasteiger charge is 2.44. The van der Waals surface area contributed by atoms with Gasteiger partial charge in [0.05, 0.1) is 16.7 Å². The summed E-state index contributed by atoms with van der Waals surface area (Å²) in [5.41, 5.74) is 10.0. The Bertz CT molecular complexity index is 3090. The van der Waals surface area contributed by atoms with Gasteiger partial charge in [-0.05, 0) is 67.8 Å². The second kappa shape index (κ2) is 13.4. The lowest BCUT2D eigenvalue weighted by Gasteiger charge is -2.36. The molecule has 2 aliphatic heterocycles.